The predicted octanol–water partition coefficient (Wildman–Crippen LogP) is 3.46. The van der Waals surface area contributed by atoms with Gasteiger partial charge in [0.25, 0.3) is 5.56 Å². The molecule has 0 bridgehead atoms. The fraction of sp³-hybridized carbons (Fsp3) is 0.200. The molecule has 0 aliphatic rings. The van der Waals surface area contributed by atoms with E-state index in [1.165, 1.54) is 6.07 Å². The number of fused-ring (bicyclic) bond motifs is 1. The van der Waals surface area contributed by atoms with Gasteiger partial charge in [0.05, 0.1) is 17.6 Å². The predicted molar refractivity (Wildman–Crippen MR) is 124 cm³/mol. The number of benzene rings is 3. The summed E-state index contributed by atoms with van der Waals surface area (Å²) in [6, 6.07) is 21.0. The van der Waals surface area contributed by atoms with Crippen molar-refractivity contribution in [2.24, 2.45) is 0 Å². The van der Waals surface area contributed by atoms with Crippen LogP contribution in [-0.4, -0.2) is 40.8 Å². The van der Waals surface area contributed by atoms with Crippen molar-refractivity contribution in [2.45, 2.75) is 13.7 Å². The maximum Gasteiger partial charge on any atom is 0.340 e. The Hall–Kier alpha value is -4.40. The summed E-state index contributed by atoms with van der Waals surface area (Å²) < 4.78 is 23.3. The van der Waals surface area contributed by atoms with E-state index in [2.05, 4.69) is 10.3 Å². The van der Waals surface area contributed by atoms with Crippen LogP contribution in [0.15, 0.2) is 77.6 Å². The third-order valence-electron chi connectivity index (χ3n) is 4.78. The van der Waals surface area contributed by atoms with Gasteiger partial charge in [0.1, 0.15) is 24.5 Å². The van der Waals surface area contributed by atoms with Crippen LogP contribution in [0.4, 0.5) is 0 Å². The molecule has 34 heavy (non-hydrogen) atoms. The second-order valence-corrected chi connectivity index (χ2v) is 7.08. The fourth-order valence-electron chi connectivity index (χ4n) is 3.16. The number of carbonyl (C=O) groups excluding carboxylic acids is 1. The largest absolute Gasteiger partial charge is 0.490 e. The molecule has 0 fully saturated rings. The van der Waals surface area contributed by atoms with Gasteiger partial charge in [0.15, 0.2) is 18.2 Å². The highest BCUT2D eigenvalue weighted by molar-refractivity contribution is 5.90. The molecule has 1 aromatic heterocycles. The summed E-state index contributed by atoms with van der Waals surface area (Å²) in [6.07, 6.45) is 0. The number of para-hydroxylation sites is 1. The van der Waals surface area contributed by atoms with Crippen molar-refractivity contribution < 1.29 is 23.7 Å². The van der Waals surface area contributed by atoms with E-state index in [0.29, 0.717) is 42.2 Å². The molecule has 0 radical (unpaired) electrons. The summed E-state index contributed by atoms with van der Waals surface area (Å²) in [7, 11) is 0. The van der Waals surface area contributed by atoms with E-state index in [9.17, 15) is 9.59 Å². The van der Waals surface area contributed by atoms with Gasteiger partial charge in [0, 0.05) is 0 Å². The summed E-state index contributed by atoms with van der Waals surface area (Å²) in [5, 5.41) is 8.18. The first kappa shape index (κ1) is 22.8. The molecule has 0 aliphatic heterocycles. The van der Waals surface area contributed by atoms with Gasteiger partial charge in [-0.25, -0.2) is 4.79 Å². The Balaban J connectivity index is 1.38. The van der Waals surface area contributed by atoms with E-state index in [0.717, 1.165) is 10.4 Å². The molecule has 0 amide bonds. The summed E-state index contributed by atoms with van der Waals surface area (Å²) in [4.78, 5) is 25.1. The maximum atomic E-state index is 12.6. The topological polar surface area (TPSA) is 102 Å². The summed E-state index contributed by atoms with van der Waals surface area (Å²) >= 11 is 0. The van der Waals surface area contributed by atoms with Crippen molar-refractivity contribution in [1.82, 2.24) is 15.0 Å². The van der Waals surface area contributed by atoms with Crippen molar-refractivity contribution in [2.75, 3.05) is 19.8 Å². The minimum absolute atomic E-state index is 0.248. The molecular weight excluding hydrogens is 438 g/mol. The molecule has 9 nitrogen and oxygen atoms in total. The van der Waals surface area contributed by atoms with Crippen molar-refractivity contribution >= 4 is 16.9 Å². The lowest BCUT2D eigenvalue weighted by Crippen LogP contribution is -2.26. The SMILES string of the molecule is CCOc1cc(C(=O)OCn2nnc3ccccc3c2=O)ccc1OCCOc1ccccc1. The zero-order valence-electron chi connectivity index (χ0n) is 18.5. The molecule has 9 heteroatoms. The first-order chi connectivity index (χ1) is 16.7. The van der Waals surface area contributed by atoms with E-state index >= 15 is 0 Å². The van der Waals surface area contributed by atoms with Crippen LogP contribution in [-0.2, 0) is 11.5 Å². The molecule has 4 rings (SSSR count). The Kier molecular flexibility index (Phi) is 7.34. The van der Waals surface area contributed by atoms with Crippen LogP contribution < -0.4 is 19.8 Å². The van der Waals surface area contributed by atoms with Crippen molar-refractivity contribution in [3.05, 3.63) is 88.7 Å². The average molecular weight is 461 g/mol. The minimum atomic E-state index is -0.637. The highest BCUT2D eigenvalue weighted by Crippen LogP contribution is 2.29. The van der Waals surface area contributed by atoms with Crippen LogP contribution in [0.1, 0.15) is 17.3 Å². The number of nitrogens with zero attached hydrogens (tertiary/aromatic N) is 3. The molecule has 0 N–H and O–H groups in total. The molecule has 1 heterocycles. The molecule has 0 aliphatic carbocycles. The fourth-order valence-corrected chi connectivity index (χ4v) is 3.16. The van der Waals surface area contributed by atoms with Crippen LogP contribution in [0.25, 0.3) is 10.9 Å². The van der Waals surface area contributed by atoms with Gasteiger partial charge in [-0.1, -0.05) is 35.5 Å². The van der Waals surface area contributed by atoms with E-state index in [1.807, 2.05) is 37.3 Å². The zero-order valence-corrected chi connectivity index (χ0v) is 18.5. The number of rotatable bonds is 10. The maximum absolute atomic E-state index is 12.6. The average Bonchev–Trinajstić information content (AvgIpc) is 2.87. The smallest absolute Gasteiger partial charge is 0.340 e. The normalized spacial score (nSPS) is 10.6. The molecule has 0 unspecified atom stereocenters. The number of carbonyl (C=O) groups is 1. The first-order valence-electron chi connectivity index (χ1n) is 10.7. The second kappa shape index (κ2) is 11.0. The lowest BCUT2D eigenvalue weighted by atomic mass is 10.2. The third kappa shape index (κ3) is 5.50. The molecule has 4 aromatic rings. The van der Waals surface area contributed by atoms with Crippen LogP contribution in [0.2, 0.25) is 0 Å². The minimum Gasteiger partial charge on any atom is -0.490 e. The number of hydrogen-bond donors (Lipinski definition) is 0. The number of ether oxygens (including phenoxy) is 4. The van der Waals surface area contributed by atoms with Gasteiger partial charge in [-0.05, 0) is 49.4 Å². The Morgan fingerprint density at radius 2 is 1.65 bits per heavy atom. The number of aromatic nitrogens is 3. The van der Waals surface area contributed by atoms with Gasteiger partial charge in [0.2, 0.25) is 0 Å². The Morgan fingerprint density at radius 3 is 2.47 bits per heavy atom. The lowest BCUT2D eigenvalue weighted by molar-refractivity contribution is 0.0335. The van der Waals surface area contributed by atoms with Crippen molar-refractivity contribution in [3.8, 4) is 17.2 Å². The summed E-state index contributed by atoms with van der Waals surface area (Å²) in [5.74, 6) is 0.997. The van der Waals surface area contributed by atoms with Gasteiger partial charge < -0.3 is 18.9 Å². The van der Waals surface area contributed by atoms with Crippen molar-refractivity contribution in [3.63, 3.8) is 0 Å². The van der Waals surface area contributed by atoms with E-state index in [1.54, 1.807) is 36.4 Å². The molecule has 0 saturated carbocycles. The Labute approximate surface area is 195 Å². The second-order valence-electron chi connectivity index (χ2n) is 7.08. The van der Waals surface area contributed by atoms with Gasteiger partial charge in [-0.15, -0.1) is 5.10 Å². The summed E-state index contributed by atoms with van der Waals surface area (Å²) in [6.45, 7) is 2.49. The van der Waals surface area contributed by atoms with E-state index < -0.39 is 11.5 Å². The number of hydrogen-bond acceptors (Lipinski definition) is 8. The zero-order chi connectivity index (χ0) is 23.8. The van der Waals surface area contributed by atoms with E-state index in [-0.39, 0.29) is 12.3 Å². The standard InChI is InChI=1S/C25H23N3O6/c1-2-31-23-16-18(12-13-22(23)33-15-14-32-19-8-4-3-5-9-19)25(30)34-17-28-24(29)20-10-6-7-11-21(20)26-27-28/h3-13,16H,2,14-15,17H2,1H3. The Bertz CT molecular complexity index is 1320. The van der Waals surface area contributed by atoms with Crippen LogP contribution in [0.3, 0.4) is 0 Å². The summed E-state index contributed by atoms with van der Waals surface area (Å²) in [5.41, 5.74) is 0.328. The van der Waals surface area contributed by atoms with E-state index in [4.69, 9.17) is 18.9 Å². The molecule has 174 valence electrons. The molecule has 0 atom stereocenters. The van der Waals surface area contributed by atoms with Gasteiger partial charge in [-0.3, -0.25) is 4.79 Å². The monoisotopic (exact) mass is 461 g/mol. The molecule has 0 saturated heterocycles. The molecule has 3 aromatic carbocycles. The van der Waals surface area contributed by atoms with Gasteiger partial charge in [-0.2, -0.15) is 4.68 Å². The Morgan fingerprint density at radius 1 is 0.882 bits per heavy atom. The highest BCUT2D eigenvalue weighted by atomic mass is 16.5. The van der Waals surface area contributed by atoms with Crippen molar-refractivity contribution in [1.29, 1.82) is 0 Å². The van der Waals surface area contributed by atoms with Crippen LogP contribution in [0.5, 0.6) is 17.2 Å². The molecule has 0 spiro atoms. The van der Waals surface area contributed by atoms with Gasteiger partial charge >= 0.3 is 5.97 Å². The first-order valence-corrected chi connectivity index (χ1v) is 10.7. The highest BCUT2D eigenvalue weighted by Gasteiger charge is 2.14. The third-order valence-corrected chi connectivity index (χ3v) is 4.78. The lowest BCUT2D eigenvalue weighted by Gasteiger charge is -2.14. The van der Waals surface area contributed by atoms with Crippen LogP contribution in [0, 0.1) is 0 Å². The molecular formula is C25H23N3O6. The van der Waals surface area contributed by atoms with Crippen LogP contribution >= 0.6 is 0 Å². The quantitative estimate of drug-likeness (QED) is 0.261. The number of esters is 1.